The van der Waals surface area contributed by atoms with Crippen LogP contribution in [0.5, 0.6) is 0 Å². The minimum atomic E-state index is 0.739. The lowest BCUT2D eigenvalue weighted by atomic mass is 9.89. The van der Waals surface area contributed by atoms with E-state index in [-0.39, 0.29) is 0 Å². The second-order valence-corrected chi connectivity index (χ2v) is 6.51. The summed E-state index contributed by atoms with van der Waals surface area (Å²) in [5, 5.41) is 12.5. The minimum Gasteiger partial charge on any atom is -0.311 e. The van der Waals surface area contributed by atoms with Gasteiger partial charge in [-0.15, -0.1) is 10.2 Å². The number of nitrogens with zero attached hydrogens (tertiary/aromatic N) is 3. The number of aromatic nitrogens is 3. The Labute approximate surface area is 125 Å². The standard InChI is InChI=1S/C17H22N4/c1-12-19-20-17(21(12)16-5-3-2-4-6-16)11-13-9-14-7-8-15(10-13)18-14/h2-6,13-15,18H,7-11H2,1H3. The molecule has 2 aromatic rings. The molecule has 3 heterocycles. The molecule has 0 radical (unpaired) electrons. The quantitative estimate of drug-likeness (QED) is 0.941. The van der Waals surface area contributed by atoms with E-state index in [1.54, 1.807) is 0 Å². The van der Waals surface area contributed by atoms with Crippen molar-refractivity contribution in [3.8, 4) is 5.69 Å². The van der Waals surface area contributed by atoms with Gasteiger partial charge in [0.15, 0.2) is 0 Å². The van der Waals surface area contributed by atoms with Crippen molar-refractivity contribution >= 4 is 0 Å². The average Bonchev–Trinajstić information content (AvgIpc) is 3.03. The molecule has 0 aliphatic carbocycles. The van der Waals surface area contributed by atoms with Gasteiger partial charge in [-0.05, 0) is 50.7 Å². The second-order valence-electron chi connectivity index (χ2n) is 6.51. The number of para-hydroxylation sites is 1. The van der Waals surface area contributed by atoms with Gasteiger partial charge in [0, 0.05) is 24.2 Å². The number of hydrogen-bond acceptors (Lipinski definition) is 3. The van der Waals surface area contributed by atoms with Crippen LogP contribution < -0.4 is 5.32 Å². The first-order valence-corrected chi connectivity index (χ1v) is 8.02. The minimum absolute atomic E-state index is 0.739. The van der Waals surface area contributed by atoms with Gasteiger partial charge in [0.25, 0.3) is 0 Å². The molecule has 2 atom stereocenters. The second kappa shape index (κ2) is 5.26. The lowest BCUT2D eigenvalue weighted by Gasteiger charge is -2.28. The molecule has 4 heteroatoms. The van der Waals surface area contributed by atoms with Gasteiger partial charge in [0.05, 0.1) is 0 Å². The molecule has 0 amide bonds. The van der Waals surface area contributed by atoms with Crippen molar-refractivity contribution in [3.63, 3.8) is 0 Å². The number of piperidine rings is 1. The zero-order valence-corrected chi connectivity index (χ0v) is 12.5. The van der Waals surface area contributed by atoms with Crippen LogP contribution in [0.3, 0.4) is 0 Å². The van der Waals surface area contributed by atoms with E-state index in [4.69, 9.17) is 0 Å². The van der Waals surface area contributed by atoms with Crippen molar-refractivity contribution in [1.82, 2.24) is 20.1 Å². The molecule has 2 aliphatic rings. The lowest BCUT2D eigenvalue weighted by molar-refractivity contribution is 0.294. The highest BCUT2D eigenvalue weighted by molar-refractivity contribution is 5.33. The summed E-state index contributed by atoms with van der Waals surface area (Å²) in [6.07, 6.45) is 6.33. The molecular weight excluding hydrogens is 260 g/mol. The van der Waals surface area contributed by atoms with E-state index in [0.29, 0.717) is 0 Å². The van der Waals surface area contributed by atoms with Gasteiger partial charge >= 0.3 is 0 Å². The van der Waals surface area contributed by atoms with Gasteiger partial charge in [-0.3, -0.25) is 4.57 Å². The van der Waals surface area contributed by atoms with Gasteiger partial charge in [-0.2, -0.15) is 0 Å². The third-order valence-corrected chi connectivity index (χ3v) is 4.95. The summed E-state index contributed by atoms with van der Waals surface area (Å²) in [6, 6.07) is 11.9. The SMILES string of the molecule is Cc1nnc(CC2CC3CCC(C2)N3)n1-c1ccccc1. The Bertz CT molecular complexity index is 607. The van der Waals surface area contributed by atoms with Gasteiger partial charge < -0.3 is 5.32 Å². The van der Waals surface area contributed by atoms with Crippen LogP contribution in [0.2, 0.25) is 0 Å². The Morgan fingerprint density at radius 2 is 1.81 bits per heavy atom. The number of benzene rings is 1. The van der Waals surface area contributed by atoms with Crippen LogP contribution in [0.1, 0.15) is 37.3 Å². The molecule has 2 unspecified atom stereocenters. The van der Waals surface area contributed by atoms with Crippen molar-refractivity contribution < 1.29 is 0 Å². The number of fused-ring (bicyclic) bond motifs is 2. The van der Waals surface area contributed by atoms with E-state index >= 15 is 0 Å². The zero-order valence-electron chi connectivity index (χ0n) is 12.5. The molecule has 2 bridgehead atoms. The van der Waals surface area contributed by atoms with Crippen LogP contribution >= 0.6 is 0 Å². The topological polar surface area (TPSA) is 42.7 Å². The number of hydrogen-bond donors (Lipinski definition) is 1. The fraction of sp³-hybridized carbons (Fsp3) is 0.529. The summed E-state index contributed by atoms with van der Waals surface area (Å²) in [5.74, 6) is 2.84. The summed E-state index contributed by atoms with van der Waals surface area (Å²) in [5.41, 5.74) is 1.17. The zero-order chi connectivity index (χ0) is 14.2. The highest BCUT2D eigenvalue weighted by Crippen LogP contribution is 2.32. The maximum Gasteiger partial charge on any atom is 0.137 e. The molecule has 4 nitrogen and oxygen atoms in total. The Kier molecular flexibility index (Phi) is 3.26. The van der Waals surface area contributed by atoms with Gasteiger partial charge in [0.2, 0.25) is 0 Å². The predicted octanol–water partition coefficient (Wildman–Crippen LogP) is 2.65. The maximum absolute atomic E-state index is 4.45. The van der Waals surface area contributed by atoms with Crippen molar-refractivity contribution in [2.45, 2.75) is 51.1 Å². The van der Waals surface area contributed by atoms with E-state index in [1.165, 1.54) is 31.4 Å². The normalized spacial score (nSPS) is 28.0. The van der Waals surface area contributed by atoms with Gasteiger partial charge in [0.1, 0.15) is 11.6 Å². The van der Waals surface area contributed by atoms with Crippen LogP contribution in [-0.4, -0.2) is 26.8 Å². The van der Waals surface area contributed by atoms with Crippen molar-refractivity contribution in [3.05, 3.63) is 42.0 Å². The highest BCUT2D eigenvalue weighted by Gasteiger charge is 2.34. The monoisotopic (exact) mass is 282 g/mol. The summed E-state index contributed by atoms with van der Waals surface area (Å²) >= 11 is 0. The van der Waals surface area contributed by atoms with Crippen LogP contribution in [0, 0.1) is 12.8 Å². The third kappa shape index (κ3) is 2.48. The average molecular weight is 282 g/mol. The first kappa shape index (κ1) is 13.0. The smallest absolute Gasteiger partial charge is 0.137 e. The van der Waals surface area contributed by atoms with Crippen LogP contribution in [-0.2, 0) is 6.42 Å². The molecule has 0 saturated carbocycles. The molecule has 0 spiro atoms. The van der Waals surface area contributed by atoms with E-state index in [1.807, 2.05) is 13.0 Å². The first-order valence-electron chi connectivity index (χ1n) is 8.02. The molecular formula is C17H22N4. The summed E-state index contributed by atoms with van der Waals surface area (Å²) in [4.78, 5) is 0. The number of nitrogens with one attached hydrogen (secondary N) is 1. The van der Waals surface area contributed by atoms with Crippen LogP contribution in [0.15, 0.2) is 30.3 Å². The van der Waals surface area contributed by atoms with Crippen LogP contribution in [0.25, 0.3) is 5.69 Å². The fourth-order valence-corrected chi connectivity index (χ4v) is 4.05. The van der Waals surface area contributed by atoms with Crippen molar-refractivity contribution in [2.75, 3.05) is 0 Å². The van der Waals surface area contributed by atoms with E-state index in [0.717, 1.165) is 36.1 Å². The Balaban J connectivity index is 1.59. The molecule has 21 heavy (non-hydrogen) atoms. The largest absolute Gasteiger partial charge is 0.311 e. The summed E-state index contributed by atoms with van der Waals surface area (Å²) < 4.78 is 2.21. The molecule has 1 aromatic heterocycles. The van der Waals surface area contributed by atoms with E-state index in [9.17, 15) is 0 Å². The highest BCUT2D eigenvalue weighted by atomic mass is 15.3. The number of aryl methyl sites for hydroxylation is 1. The van der Waals surface area contributed by atoms with Gasteiger partial charge in [-0.1, -0.05) is 18.2 Å². The van der Waals surface area contributed by atoms with Crippen molar-refractivity contribution in [2.24, 2.45) is 5.92 Å². The van der Waals surface area contributed by atoms with Gasteiger partial charge in [-0.25, -0.2) is 0 Å². The third-order valence-electron chi connectivity index (χ3n) is 4.95. The molecule has 1 N–H and O–H groups in total. The maximum atomic E-state index is 4.45. The number of rotatable bonds is 3. The predicted molar refractivity (Wildman–Crippen MR) is 82.5 cm³/mol. The first-order chi connectivity index (χ1) is 10.3. The van der Waals surface area contributed by atoms with Crippen LogP contribution in [0.4, 0.5) is 0 Å². The Hall–Kier alpha value is -1.68. The summed E-state index contributed by atoms with van der Waals surface area (Å²) in [6.45, 7) is 2.04. The van der Waals surface area contributed by atoms with Crippen molar-refractivity contribution in [1.29, 1.82) is 0 Å². The molecule has 2 saturated heterocycles. The molecule has 4 rings (SSSR count). The Morgan fingerprint density at radius 1 is 1.10 bits per heavy atom. The molecule has 2 fully saturated rings. The van der Waals surface area contributed by atoms with E-state index < -0.39 is 0 Å². The Morgan fingerprint density at radius 3 is 2.52 bits per heavy atom. The lowest BCUT2D eigenvalue weighted by Crippen LogP contribution is -2.38. The van der Waals surface area contributed by atoms with E-state index in [2.05, 4.69) is 44.3 Å². The summed E-state index contributed by atoms with van der Waals surface area (Å²) in [7, 11) is 0. The molecule has 110 valence electrons. The molecule has 2 aliphatic heterocycles. The fourth-order valence-electron chi connectivity index (χ4n) is 4.05. The molecule has 1 aromatic carbocycles.